The number of anilines is 1. The molecule has 3 rings (SSSR count). The number of ether oxygens (including phenoxy) is 1. The molecule has 124 valence electrons. The molecule has 3 nitrogen and oxygen atoms in total. The molecule has 3 heteroatoms. The maximum atomic E-state index is 5.47. The first-order valence-electron chi connectivity index (χ1n) is 8.51. The fraction of sp³-hybridized carbons (Fsp3) is 0.500. The molecule has 1 aromatic rings. The van der Waals surface area contributed by atoms with Gasteiger partial charge in [0.1, 0.15) is 5.75 Å². The SMILES string of the molecule is C=C1CC(c2ccc(OC)cc2N2CCNCC2)=CC(C)(C)C1. The summed E-state index contributed by atoms with van der Waals surface area (Å²) in [4.78, 5) is 2.47. The van der Waals surface area contributed by atoms with E-state index in [9.17, 15) is 0 Å². The largest absolute Gasteiger partial charge is 0.497 e. The van der Waals surface area contributed by atoms with Gasteiger partial charge in [-0.05, 0) is 36.0 Å². The van der Waals surface area contributed by atoms with Gasteiger partial charge in [0.15, 0.2) is 0 Å². The van der Waals surface area contributed by atoms with E-state index in [0.29, 0.717) is 0 Å². The molecule has 0 bridgehead atoms. The summed E-state index contributed by atoms with van der Waals surface area (Å²) in [5, 5.41) is 3.43. The van der Waals surface area contributed by atoms with E-state index in [1.165, 1.54) is 22.4 Å². The van der Waals surface area contributed by atoms with Crippen molar-refractivity contribution in [3.05, 3.63) is 42.0 Å². The summed E-state index contributed by atoms with van der Waals surface area (Å²) < 4.78 is 5.47. The molecule has 1 aromatic carbocycles. The van der Waals surface area contributed by atoms with Gasteiger partial charge in [-0.25, -0.2) is 0 Å². The van der Waals surface area contributed by atoms with Crippen LogP contribution in [0.5, 0.6) is 5.75 Å². The van der Waals surface area contributed by atoms with E-state index < -0.39 is 0 Å². The fourth-order valence-corrected chi connectivity index (χ4v) is 3.80. The average molecular weight is 312 g/mol. The van der Waals surface area contributed by atoms with E-state index in [1.807, 2.05) is 0 Å². The van der Waals surface area contributed by atoms with Crippen molar-refractivity contribution in [2.75, 3.05) is 38.2 Å². The summed E-state index contributed by atoms with van der Waals surface area (Å²) in [6.45, 7) is 13.0. The molecule has 0 aromatic heterocycles. The van der Waals surface area contributed by atoms with Gasteiger partial charge >= 0.3 is 0 Å². The highest BCUT2D eigenvalue weighted by atomic mass is 16.5. The van der Waals surface area contributed by atoms with Crippen LogP contribution in [0.3, 0.4) is 0 Å². The highest BCUT2D eigenvalue weighted by molar-refractivity contribution is 5.80. The molecule has 0 amide bonds. The van der Waals surface area contributed by atoms with Crippen LogP contribution < -0.4 is 15.0 Å². The molecule has 1 aliphatic heterocycles. The molecule has 0 atom stereocenters. The second kappa shape index (κ2) is 6.40. The molecule has 0 spiro atoms. The zero-order chi connectivity index (χ0) is 16.4. The molecular formula is C20H28N2O. The van der Waals surface area contributed by atoms with Gasteiger partial charge in [0.25, 0.3) is 0 Å². The average Bonchev–Trinajstić information content (AvgIpc) is 2.53. The predicted molar refractivity (Wildman–Crippen MR) is 98.2 cm³/mol. The standard InChI is InChI=1S/C20H28N2O/c1-15-11-16(14-20(2,3)13-15)18-6-5-17(23-4)12-19(18)22-9-7-21-8-10-22/h5-6,12,14,21H,1,7-11,13H2,2-4H3. The van der Waals surface area contributed by atoms with Gasteiger partial charge in [-0.15, -0.1) is 0 Å². The number of nitrogens with zero attached hydrogens (tertiary/aromatic N) is 1. The van der Waals surface area contributed by atoms with Crippen molar-refractivity contribution >= 4 is 11.3 Å². The van der Waals surface area contributed by atoms with Crippen LogP contribution in [0.1, 0.15) is 32.3 Å². The lowest BCUT2D eigenvalue weighted by molar-refractivity contribution is 0.414. The van der Waals surface area contributed by atoms with E-state index in [0.717, 1.165) is 44.8 Å². The second-order valence-corrected chi connectivity index (χ2v) is 7.38. The molecule has 1 aliphatic carbocycles. The Morgan fingerprint density at radius 2 is 1.96 bits per heavy atom. The smallest absolute Gasteiger partial charge is 0.120 e. The minimum Gasteiger partial charge on any atom is -0.497 e. The molecule has 0 radical (unpaired) electrons. The van der Waals surface area contributed by atoms with Crippen molar-refractivity contribution in [1.29, 1.82) is 0 Å². The Hall–Kier alpha value is -1.74. The normalized spacial score (nSPS) is 21.1. The Kier molecular flexibility index (Phi) is 4.49. The van der Waals surface area contributed by atoms with Crippen LogP contribution in [0.4, 0.5) is 5.69 Å². The minimum atomic E-state index is 0.186. The van der Waals surface area contributed by atoms with E-state index in [1.54, 1.807) is 7.11 Å². The van der Waals surface area contributed by atoms with Crippen LogP contribution in [0, 0.1) is 5.41 Å². The zero-order valence-corrected chi connectivity index (χ0v) is 14.6. The lowest BCUT2D eigenvalue weighted by Gasteiger charge is -2.34. The molecule has 0 saturated carbocycles. The summed E-state index contributed by atoms with van der Waals surface area (Å²) in [7, 11) is 1.74. The van der Waals surface area contributed by atoms with Crippen molar-refractivity contribution in [2.45, 2.75) is 26.7 Å². The first kappa shape index (κ1) is 16.1. The van der Waals surface area contributed by atoms with E-state index in [4.69, 9.17) is 4.74 Å². The second-order valence-electron chi connectivity index (χ2n) is 7.38. The molecule has 1 fully saturated rings. The predicted octanol–water partition coefficient (Wildman–Crippen LogP) is 3.86. The van der Waals surface area contributed by atoms with Gasteiger partial charge in [0, 0.05) is 43.5 Å². The molecule has 1 N–H and O–H groups in total. The highest BCUT2D eigenvalue weighted by Crippen LogP contribution is 2.43. The first-order valence-corrected chi connectivity index (χ1v) is 8.51. The Bertz CT molecular complexity index is 625. The lowest BCUT2D eigenvalue weighted by atomic mass is 9.75. The molecule has 2 aliphatic rings. The van der Waals surface area contributed by atoms with Gasteiger partial charge in [-0.1, -0.05) is 32.1 Å². The number of methoxy groups -OCH3 is 1. The first-order chi connectivity index (χ1) is 11.0. The van der Waals surface area contributed by atoms with Crippen molar-refractivity contribution in [3.8, 4) is 5.75 Å². The van der Waals surface area contributed by atoms with Crippen LogP contribution in [-0.4, -0.2) is 33.3 Å². The quantitative estimate of drug-likeness (QED) is 0.858. The fourth-order valence-electron chi connectivity index (χ4n) is 3.80. The number of hydrogen-bond acceptors (Lipinski definition) is 3. The Labute approximate surface area is 140 Å². The lowest BCUT2D eigenvalue weighted by Crippen LogP contribution is -2.43. The van der Waals surface area contributed by atoms with E-state index in [-0.39, 0.29) is 5.41 Å². The molecule has 0 unspecified atom stereocenters. The molecular weight excluding hydrogens is 284 g/mol. The number of nitrogens with one attached hydrogen (secondary N) is 1. The van der Waals surface area contributed by atoms with Gasteiger partial charge < -0.3 is 15.0 Å². The minimum absolute atomic E-state index is 0.186. The van der Waals surface area contributed by atoms with Gasteiger partial charge in [0.05, 0.1) is 7.11 Å². The highest BCUT2D eigenvalue weighted by Gasteiger charge is 2.26. The van der Waals surface area contributed by atoms with E-state index in [2.05, 4.69) is 54.9 Å². The maximum absolute atomic E-state index is 5.47. The third-order valence-corrected chi connectivity index (χ3v) is 4.72. The Balaban J connectivity index is 2.04. The van der Waals surface area contributed by atoms with Gasteiger partial charge in [0.2, 0.25) is 0 Å². The number of piperazine rings is 1. The summed E-state index contributed by atoms with van der Waals surface area (Å²) >= 11 is 0. The monoisotopic (exact) mass is 312 g/mol. The van der Waals surface area contributed by atoms with Crippen molar-refractivity contribution in [3.63, 3.8) is 0 Å². The summed E-state index contributed by atoms with van der Waals surface area (Å²) in [6, 6.07) is 6.48. The third kappa shape index (κ3) is 3.61. The Morgan fingerprint density at radius 1 is 1.22 bits per heavy atom. The summed E-state index contributed by atoms with van der Waals surface area (Å²) in [5.74, 6) is 0.928. The number of rotatable bonds is 3. The molecule has 1 heterocycles. The van der Waals surface area contributed by atoms with Crippen LogP contribution in [0.2, 0.25) is 0 Å². The number of hydrogen-bond donors (Lipinski definition) is 1. The Morgan fingerprint density at radius 3 is 2.61 bits per heavy atom. The summed E-state index contributed by atoms with van der Waals surface area (Å²) in [6.07, 6.45) is 4.50. The topological polar surface area (TPSA) is 24.5 Å². The van der Waals surface area contributed by atoms with Crippen LogP contribution in [-0.2, 0) is 0 Å². The zero-order valence-electron chi connectivity index (χ0n) is 14.6. The third-order valence-electron chi connectivity index (χ3n) is 4.72. The van der Waals surface area contributed by atoms with Crippen molar-refractivity contribution in [2.24, 2.45) is 5.41 Å². The van der Waals surface area contributed by atoms with Gasteiger partial charge in [-0.2, -0.15) is 0 Å². The van der Waals surface area contributed by atoms with Crippen molar-refractivity contribution in [1.82, 2.24) is 5.32 Å². The summed E-state index contributed by atoms with van der Waals surface area (Å²) in [5.41, 5.74) is 5.55. The number of allylic oxidation sites excluding steroid dienone is 3. The van der Waals surface area contributed by atoms with Gasteiger partial charge in [-0.3, -0.25) is 0 Å². The van der Waals surface area contributed by atoms with Crippen LogP contribution >= 0.6 is 0 Å². The number of benzene rings is 1. The maximum Gasteiger partial charge on any atom is 0.120 e. The van der Waals surface area contributed by atoms with Crippen LogP contribution in [0.15, 0.2) is 36.4 Å². The van der Waals surface area contributed by atoms with E-state index >= 15 is 0 Å². The molecule has 23 heavy (non-hydrogen) atoms. The molecule has 1 saturated heterocycles. The van der Waals surface area contributed by atoms with Crippen LogP contribution in [0.25, 0.3) is 5.57 Å². The van der Waals surface area contributed by atoms with Crippen molar-refractivity contribution < 1.29 is 4.74 Å².